The van der Waals surface area contributed by atoms with Crippen molar-refractivity contribution in [1.82, 2.24) is 4.98 Å². The fourth-order valence-corrected chi connectivity index (χ4v) is 0.985. The maximum atomic E-state index is 12.0. The van der Waals surface area contributed by atoms with Gasteiger partial charge in [0.25, 0.3) is 11.6 Å². The summed E-state index contributed by atoms with van der Waals surface area (Å²) in [5.74, 6) is -3.18. The Labute approximate surface area is 91.6 Å². The molecular formula is C7H5F3N2O5. The first-order valence-corrected chi connectivity index (χ1v) is 3.92. The number of nitrogens with zero attached hydrogens (tertiary/aromatic N) is 2. The van der Waals surface area contributed by atoms with Crippen LogP contribution in [0.1, 0.15) is 0 Å². The van der Waals surface area contributed by atoms with Crippen LogP contribution in [0.5, 0.6) is 17.4 Å². The Kier molecular flexibility index (Phi) is 3.25. The largest absolute Gasteiger partial charge is 0.573 e. The summed E-state index contributed by atoms with van der Waals surface area (Å²) in [6.45, 7) is 0. The molecule has 7 nitrogen and oxygen atoms in total. The molecule has 0 fully saturated rings. The number of aromatic hydroxyl groups is 1. The van der Waals surface area contributed by atoms with Crippen LogP contribution in [-0.4, -0.2) is 28.5 Å². The smallest absolute Gasteiger partial charge is 0.503 e. The maximum Gasteiger partial charge on any atom is 0.573 e. The second kappa shape index (κ2) is 4.31. The molecule has 0 saturated carbocycles. The van der Waals surface area contributed by atoms with Crippen molar-refractivity contribution < 1.29 is 32.7 Å². The molecule has 0 aliphatic heterocycles. The average molecular weight is 254 g/mol. The minimum atomic E-state index is -5.19. The van der Waals surface area contributed by atoms with Crippen LogP contribution in [0.25, 0.3) is 0 Å². The zero-order valence-electron chi connectivity index (χ0n) is 8.19. The third-order valence-corrected chi connectivity index (χ3v) is 1.55. The van der Waals surface area contributed by atoms with Gasteiger partial charge in [-0.1, -0.05) is 0 Å². The van der Waals surface area contributed by atoms with E-state index in [0.717, 1.165) is 7.11 Å². The number of aromatic nitrogens is 1. The van der Waals surface area contributed by atoms with Crippen LogP contribution in [0, 0.1) is 10.1 Å². The minimum Gasteiger partial charge on any atom is -0.503 e. The highest BCUT2D eigenvalue weighted by atomic mass is 19.4. The first-order valence-electron chi connectivity index (χ1n) is 3.92. The van der Waals surface area contributed by atoms with Gasteiger partial charge in [0.1, 0.15) is 0 Å². The molecule has 0 saturated heterocycles. The molecule has 0 unspecified atom stereocenters. The quantitative estimate of drug-likeness (QED) is 0.650. The van der Waals surface area contributed by atoms with Gasteiger partial charge in [-0.2, -0.15) is 0 Å². The number of hydrogen-bond acceptors (Lipinski definition) is 6. The van der Waals surface area contributed by atoms with Crippen LogP contribution in [0.3, 0.4) is 0 Å². The molecule has 17 heavy (non-hydrogen) atoms. The molecule has 1 rings (SSSR count). The molecule has 0 amide bonds. The number of pyridine rings is 1. The summed E-state index contributed by atoms with van der Waals surface area (Å²) in [4.78, 5) is 12.6. The third kappa shape index (κ3) is 2.86. The third-order valence-electron chi connectivity index (χ3n) is 1.55. The van der Waals surface area contributed by atoms with Gasteiger partial charge in [-0.25, -0.2) is 4.98 Å². The molecule has 10 heteroatoms. The number of hydrogen-bond donors (Lipinski definition) is 1. The van der Waals surface area contributed by atoms with Crippen molar-refractivity contribution in [2.45, 2.75) is 6.36 Å². The summed E-state index contributed by atoms with van der Waals surface area (Å²) < 4.78 is 43.7. The molecule has 0 spiro atoms. The molecule has 0 aromatic carbocycles. The predicted octanol–water partition coefficient (Wildman–Crippen LogP) is 1.60. The molecule has 0 bridgehead atoms. The zero-order valence-corrected chi connectivity index (χ0v) is 8.19. The lowest BCUT2D eigenvalue weighted by atomic mass is 10.3. The first kappa shape index (κ1) is 12.8. The van der Waals surface area contributed by atoms with E-state index >= 15 is 0 Å². The van der Waals surface area contributed by atoms with Crippen molar-refractivity contribution in [3.63, 3.8) is 0 Å². The van der Waals surface area contributed by atoms with E-state index < -0.39 is 34.4 Å². The molecule has 94 valence electrons. The van der Waals surface area contributed by atoms with E-state index in [-0.39, 0.29) is 0 Å². The van der Waals surface area contributed by atoms with Gasteiger partial charge in [0, 0.05) is 0 Å². The van der Waals surface area contributed by atoms with Gasteiger partial charge in [0.15, 0.2) is 5.75 Å². The summed E-state index contributed by atoms with van der Waals surface area (Å²) in [6, 6.07) is 0. The van der Waals surface area contributed by atoms with E-state index in [0.29, 0.717) is 6.20 Å². The highest BCUT2D eigenvalue weighted by Gasteiger charge is 2.38. The topological polar surface area (TPSA) is 94.7 Å². The number of nitro groups is 1. The molecule has 1 aromatic rings. The molecule has 0 atom stereocenters. The van der Waals surface area contributed by atoms with Gasteiger partial charge >= 0.3 is 12.0 Å². The van der Waals surface area contributed by atoms with Crippen molar-refractivity contribution in [3.05, 3.63) is 16.3 Å². The lowest BCUT2D eigenvalue weighted by Gasteiger charge is -2.11. The van der Waals surface area contributed by atoms with Crippen LogP contribution in [0.15, 0.2) is 6.20 Å². The Hall–Kier alpha value is -2.26. The highest BCUT2D eigenvalue weighted by Crippen LogP contribution is 2.43. The number of alkyl halides is 3. The molecule has 1 aromatic heterocycles. The minimum absolute atomic E-state index is 0.549. The molecule has 0 radical (unpaired) electrons. The van der Waals surface area contributed by atoms with Crippen molar-refractivity contribution in [3.8, 4) is 17.4 Å². The number of rotatable bonds is 3. The maximum absolute atomic E-state index is 12.0. The van der Waals surface area contributed by atoms with E-state index in [2.05, 4.69) is 14.5 Å². The summed E-state index contributed by atoms with van der Waals surface area (Å²) in [6.07, 6.45) is -4.64. The van der Waals surface area contributed by atoms with Crippen molar-refractivity contribution in [2.75, 3.05) is 7.11 Å². The standard InChI is InChI=1S/C7H5F3N2O5/c1-16-6-4(12(14)15)5(3(13)2-11-6)17-7(8,9)10/h2,13H,1H3. The highest BCUT2D eigenvalue weighted by molar-refractivity contribution is 5.59. The fourth-order valence-electron chi connectivity index (χ4n) is 0.985. The van der Waals surface area contributed by atoms with E-state index in [1.807, 2.05) is 0 Å². The Morgan fingerprint density at radius 3 is 2.53 bits per heavy atom. The van der Waals surface area contributed by atoms with Gasteiger partial charge < -0.3 is 14.6 Å². The lowest BCUT2D eigenvalue weighted by Crippen LogP contribution is -2.18. The SMILES string of the molecule is COc1ncc(O)c(OC(F)(F)F)c1[N+](=O)[O-]. The van der Waals surface area contributed by atoms with E-state index in [4.69, 9.17) is 5.11 Å². The van der Waals surface area contributed by atoms with Crippen molar-refractivity contribution >= 4 is 5.69 Å². The Morgan fingerprint density at radius 1 is 1.53 bits per heavy atom. The van der Waals surface area contributed by atoms with Crippen LogP contribution in [0.4, 0.5) is 18.9 Å². The molecule has 1 heterocycles. The molecule has 0 aliphatic carbocycles. The van der Waals surface area contributed by atoms with Gasteiger partial charge in [-0.05, 0) is 0 Å². The van der Waals surface area contributed by atoms with Crippen molar-refractivity contribution in [1.29, 1.82) is 0 Å². The van der Waals surface area contributed by atoms with E-state index in [1.165, 1.54) is 0 Å². The van der Waals surface area contributed by atoms with Crippen LogP contribution < -0.4 is 9.47 Å². The Balaban J connectivity index is 3.39. The number of methoxy groups -OCH3 is 1. The van der Waals surface area contributed by atoms with Gasteiger partial charge in [0.2, 0.25) is 0 Å². The predicted molar refractivity (Wildman–Crippen MR) is 45.8 cm³/mol. The lowest BCUT2D eigenvalue weighted by molar-refractivity contribution is -0.390. The van der Waals surface area contributed by atoms with Crippen LogP contribution in [0.2, 0.25) is 0 Å². The Morgan fingerprint density at radius 2 is 2.12 bits per heavy atom. The second-order valence-electron chi connectivity index (χ2n) is 2.64. The monoisotopic (exact) mass is 254 g/mol. The van der Waals surface area contributed by atoms with Crippen LogP contribution >= 0.6 is 0 Å². The van der Waals surface area contributed by atoms with Gasteiger partial charge in [-0.3, -0.25) is 10.1 Å². The number of halogens is 3. The molecule has 0 aliphatic rings. The zero-order chi connectivity index (χ0) is 13.2. The first-order chi connectivity index (χ1) is 7.76. The van der Waals surface area contributed by atoms with Crippen molar-refractivity contribution in [2.24, 2.45) is 0 Å². The van der Waals surface area contributed by atoms with E-state index in [9.17, 15) is 23.3 Å². The summed E-state index contributed by atoms with van der Waals surface area (Å²) in [5.41, 5.74) is -1.20. The fraction of sp³-hybridized carbons (Fsp3) is 0.286. The Bertz CT molecular complexity index is 448. The van der Waals surface area contributed by atoms with E-state index in [1.54, 1.807) is 0 Å². The summed E-state index contributed by atoms with van der Waals surface area (Å²) in [7, 11) is 0.976. The second-order valence-corrected chi connectivity index (χ2v) is 2.64. The molecule has 1 N–H and O–H groups in total. The summed E-state index contributed by atoms with van der Waals surface area (Å²) in [5, 5.41) is 19.6. The van der Waals surface area contributed by atoms with Gasteiger partial charge in [-0.15, -0.1) is 13.2 Å². The van der Waals surface area contributed by atoms with Crippen LogP contribution in [-0.2, 0) is 0 Å². The van der Waals surface area contributed by atoms with Gasteiger partial charge in [0.05, 0.1) is 18.2 Å². The summed E-state index contributed by atoms with van der Waals surface area (Å²) >= 11 is 0. The average Bonchev–Trinajstić information content (AvgIpc) is 2.18. The normalized spacial score (nSPS) is 11.1. The molecular weight excluding hydrogens is 249 g/mol. The number of ether oxygens (including phenoxy) is 2.